The van der Waals surface area contributed by atoms with Gasteiger partial charge in [0.1, 0.15) is 17.3 Å². The highest BCUT2D eigenvalue weighted by Gasteiger charge is 2.10. The summed E-state index contributed by atoms with van der Waals surface area (Å²) in [4.78, 5) is 21.9. The number of pyridine rings is 1. The van der Waals surface area contributed by atoms with Crippen LogP contribution in [0.25, 0.3) is 10.9 Å². The van der Waals surface area contributed by atoms with Crippen LogP contribution in [-0.2, 0) is 0 Å². The van der Waals surface area contributed by atoms with Gasteiger partial charge in [-0.3, -0.25) is 9.79 Å². The highest BCUT2D eigenvalue weighted by atomic mass is 19.1. The van der Waals surface area contributed by atoms with Gasteiger partial charge in [0.05, 0.1) is 24.1 Å². The molecule has 4 N–H and O–H groups in total. The van der Waals surface area contributed by atoms with Crippen molar-refractivity contribution in [3.63, 3.8) is 0 Å². The van der Waals surface area contributed by atoms with Crippen LogP contribution in [-0.4, -0.2) is 61.1 Å². The molecule has 0 bridgehead atoms. The van der Waals surface area contributed by atoms with Gasteiger partial charge in [0, 0.05) is 43.6 Å². The lowest BCUT2D eigenvalue weighted by molar-refractivity contribution is 0.214. The first-order chi connectivity index (χ1) is 16.1. The van der Waals surface area contributed by atoms with Crippen LogP contribution < -0.4 is 21.5 Å². The van der Waals surface area contributed by atoms with Crippen LogP contribution in [0.2, 0.25) is 0 Å². The van der Waals surface area contributed by atoms with Gasteiger partial charge >= 0.3 is 0 Å². The Morgan fingerprint density at radius 2 is 1.94 bits per heavy atom. The van der Waals surface area contributed by atoms with Crippen LogP contribution in [0.5, 0.6) is 5.75 Å². The minimum absolute atomic E-state index is 0.190. The number of H-pyrrole nitrogens is 1. The van der Waals surface area contributed by atoms with Crippen LogP contribution >= 0.6 is 0 Å². The van der Waals surface area contributed by atoms with E-state index in [1.165, 1.54) is 24.4 Å². The third-order valence-corrected chi connectivity index (χ3v) is 5.49. The monoisotopic (exact) mass is 450 g/mol. The molecule has 1 aliphatic rings. The average Bonchev–Trinajstić information content (AvgIpc) is 2.84. The van der Waals surface area contributed by atoms with Gasteiger partial charge < -0.3 is 25.8 Å². The van der Waals surface area contributed by atoms with Gasteiger partial charge in [-0.25, -0.2) is 4.39 Å². The van der Waals surface area contributed by atoms with Crippen LogP contribution in [0.15, 0.2) is 63.4 Å². The third kappa shape index (κ3) is 6.03. The number of halogens is 1. The van der Waals surface area contributed by atoms with E-state index in [0.29, 0.717) is 23.2 Å². The second-order valence-electron chi connectivity index (χ2n) is 7.80. The molecule has 172 valence electrons. The van der Waals surface area contributed by atoms with Crippen LogP contribution in [0, 0.1) is 5.82 Å². The fraction of sp³-hybridized carbons (Fsp3) is 0.292. The zero-order valence-corrected chi connectivity index (χ0v) is 18.3. The van der Waals surface area contributed by atoms with E-state index in [4.69, 9.17) is 10.6 Å². The van der Waals surface area contributed by atoms with Crippen molar-refractivity contribution < 1.29 is 9.13 Å². The van der Waals surface area contributed by atoms with Crippen LogP contribution in [0.3, 0.4) is 0 Å². The van der Waals surface area contributed by atoms with Crippen LogP contribution in [0.4, 0.5) is 10.1 Å². The molecule has 1 aliphatic heterocycles. The Morgan fingerprint density at radius 1 is 1.15 bits per heavy atom. The number of rotatable bonds is 8. The highest BCUT2D eigenvalue weighted by molar-refractivity contribution is 6.38. The SMILES string of the molecule is NN=C(C=Nc1ccc(OCCCN2CCNCC2)cc1)c1cc2cc(F)ccc2[nH]c1=O. The molecule has 1 fully saturated rings. The van der Waals surface area contributed by atoms with Crippen molar-refractivity contribution >= 4 is 28.5 Å². The van der Waals surface area contributed by atoms with Gasteiger partial charge in [-0.2, -0.15) is 5.10 Å². The fourth-order valence-corrected chi connectivity index (χ4v) is 3.72. The minimum Gasteiger partial charge on any atom is -0.494 e. The number of hydrogen-bond acceptors (Lipinski definition) is 7. The van der Waals surface area contributed by atoms with Crippen molar-refractivity contribution in [1.29, 1.82) is 0 Å². The Labute approximate surface area is 191 Å². The number of nitrogens with zero attached hydrogens (tertiary/aromatic N) is 3. The van der Waals surface area contributed by atoms with E-state index in [-0.39, 0.29) is 16.8 Å². The molecule has 9 heteroatoms. The van der Waals surface area contributed by atoms with Crippen molar-refractivity contribution in [1.82, 2.24) is 15.2 Å². The Balaban J connectivity index is 1.36. The van der Waals surface area contributed by atoms with Crippen molar-refractivity contribution in [3.05, 3.63) is 70.3 Å². The molecule has 2 heterocycles. The molecule has 0 spiro atoms. The maximum Gasteiger partial charge on any atom is 0.258 e. The van der Waals surface area contributed by atoms with Crippen molar-refractivity contribution in [2.75, 3.05) is 39.3 Å². The summed E-state index contributed by atoms with van der Waals surface area (Å²) in [5.41, 5.74) is 1.21. The van der Waals surface area contributed by atoms with Gasteiger partial charge in [-0.05, 0) is 55.0 Å². The molecule has 1 aromatic heterocycles. The summed E-state index contributed by atoms with van der Waals surface area (Å²) in [6, 6.07) is 13.0. The third-order valence-electron chi connectivity index (χ3n) is 5.49. The summed E-state index contributed by atoms with van der Waals surface area (Å²) in [5.74, 6) is 5.88. The lowest BCUT2D eigenvalue weighted by Crippen LogP contribution is -2.43. The highest BCUT2D eigenvalue weighted by Crippen LogP contribution is 2.18. The molecule has 0 saturated carbocycles. The lowest BCUT2D eigenvalue weighted by Gasteiger charge is -2.26. The standard InChI is InChI=1S/C24H27FN6O2/c25-18-2-7-22-17(14-18)15-21(24(32)29-22)23(30-26)16-28-19-3-5-20(6-4-19)33-13-1-10-31-11-8-27-9-12-31/h2-7,14-16,27H,1,8-13,26H2,(H,29,32). The number of hydrogen-bond donors (Lipinski definition) is 3. The molecule has 0 aliphatic carbocycles. The second kappa shape index (κ2) is 10.8. The molecule has 0 unspecified atom stereocenters. The topological polar surface area (TPSA) is 108 Å². The summed E-state index contributed by atoms with van der Waals surface area (Å²) in [7, 11) is 0. The minimum atomic E-state index is -0.397. The number of nitrogens with one attached hydrogen (secondary N) is 2. The number of aromatic amines is 1. The number of aromatic nitrogens is 1. The number of nitrogens with two attached hydrogens (primary N) is 1. The number of hydrazone groups is 1. The summed E-state index contributed by atoms with van der Waals surface area (Å²) in [5, 5.41) is 7.58. The molecular formula is C24H27FN6O2. The quantitative estimate of drug-likeness (QED) is 0.211. The van der Waals surface area contributed by atoms with Gasteiger partial charge in [0.25, 0.3) is 5.56 Å². The zero-order chi connectivity index (χ0) is 23.0. The van der Waals surface area contributed by atoms with Crippen molar-refractivity contribution in [2.24, 2.45) is 15.9 Å². The van der Waals surface area contributed by atoms with Crippen molar-refractivity contribution in [2.45, 2.75) is 6.42 Å². The first-order valence-electron chi connectivity index (χ1n) is 10.9. The first kappa shape index (κ1) is 22.6. The summed E-state index contributed by atoms with van der Waals surface area (Å²) >= 11 is 0. The zero-order valence-electron chi connectivity index (χ0n) is 18.3. The lowest BCUT2D eigenvalue weighted by atomic mass is 10.1. The predicted octanol–water partition coefficient (Wildman–Crippen LogP) is 2.41. The number of benzene rings is 2. The molecule has 3 aromatic rings. The van der Waals surface area contributed by atoms with Crippen LogP contribution in [0.1, 0.15) is 12.0 Å². The molecule has 8 nitrogen and oxygen atoms in total. The van der Waals surface area contributed by atoms with Gasteiger partial charge in [-0.1, -0.05) is 0 Å². The molecule has 0 amide bonds. The Morgan fingerprint density at radius 3 is 2.70 bits per heavy atom. The Bertz CT molecular complexity index is 1200. The maximum absolute atomic E-state index is 13.5. The first-order valence-corrected chi connectivity index (χ1v) is 10.9. The Hall–Kier alpha value is -3.56. The predicted molar refractivity (Wildman–Crippen MR) is 129 cm³/mol. The van der Waals surface area contributed by atoms with Gasteiger partial charge in [-0.15, -0.1) is 0 Å². The number of fused-ring (bicyclic) bond motifs is 1. The van der Waals surface area contributed by atoms with E-state index in [1.807, 2.05) is 24.3 Å². The molecule has 4 rings (SSSR count). The second-order valence-corrected chi connectivity index (χ2v) is 7.80. The molecule has 1 saturated heterocycles. The van der Waals surface area contributed by atoms with Gasteiger partial charge in [0.15, 0.2) is 0 Å². The maximum atomic E-state index is 13.5. The van der Waals surface area contributed by atoms with E-state index in [2.05, 4.69) is 25.3 Å². The summed E-state index contributed by atoms with van der Waals surface area (Å²) < 4.78 is 19.4. The largest absolute Gasteiger partial charge is 0.494 e. The average molecular weight is 451 g/mol. The van der Waals surface area contributed by atoms with E-state index in [0.717, 1.165) is 44.9 Å². The Kier molecular flexibility index (Phi) is 7.43. The van der Waals surface area contributed by atoms with E-state index in [1.54, 1.807) is 6.07 Å². The molecule has 0 atom stereocenters. The summed E-state index contributed by atoms with van der Waals surface area (Å²) in [6.45, 7) is 5.96. The number of ether oxygens (including phenoxy) is 1. The van der Waals surface area contributed by atoms with E-state index in [9.17, 15) is 9.18 Å². The molecule has 2 aromatic carbocycles. The molecular weight excluding hydrogens is 423 g/mol. The van der Waals surface area contributed by atoms with Crippen molar-refractivity contribution in [3.8, 4) is 5.75 Å². The number of piperazine rings is 1. The van der Waals surface area contributed by atoms with Gasteiger partial charge in [0.2, 0.25) is 0 Å². The normalized spacial score (nSPS) is 15.4. The van der Waals surface area contributed by atoms with E-state index < -0.39 is 5.82 Å². The van der Waals surface area contributed by atoms with E-state index >= 15 is 0 Å². The molecule has 33 heavy (non-hydrogen) atoms. The number of aliphatic imine (C=N–C) groups is 1. The summed E-state index contributed by atoms with van der Waals surface area (Å²) in [6.07, 6.45) is 2.39. The molecule has 0 radical (unpaired) electrons. The fourth-order valence-electron chi connectivity index (χ4n) is 3.72. The smallest absolute Gasteiger partial charge is 0.258 e.